The van der Waals surface area contributed by atoms with Crippen LogP contribution in [0.5, 0.6) is 5.75 Å². The van der Waals surface area contributed by atoms with Gasteiger partial charge in [-0.15, -0.1) is 0 Å². The Balaban J connectivity index is 1.89. The molecule has 0 aliphatic rings. The third kappa shape index (κ3) is 2.55. The van der Waals surface area contributed by atoms with Crippen LogP contribution in [0.4, 0.5) is 0 Å². The second-order valence-corrected chi connectivity index (χ2v) is 6.78. The number of nitrogens with zero attached hydrogens (tertiary/aromatic N) is 3. The maximum absolute atomic E-state index is 12.6. The van der Waals surface area contributed by atoms with E-state index in [1.807, 2.05) is 56.3 Å². The quantitative estimate of drug-likeness (QED) is 0.456. The fraction of sp³-hybridized carbons (Fsp3) is 0.136. The molecule has 3 heterocycles. The van der Waals surface area contributed by atoms with Crippen LogP contribution in [-0.2, 0) is 0 Å². The van der Waals surface area contributed by atoms with Crippen molar-refractivity contribution in [2.75, 3.05) is 7.11 Å². The Labute approximate surface area is 165 Å². The summed E-state index contributed by atoms with van der Waals surface area (Å²) in [7, 11) is 1.61. The summed E-state index contributed by atoms with van der Waals surface area (Å²) >= 11 is 0. The first kappa shape index (κ1) is 17.2. The lowest BCUT2D eigenvalue weighted by Gasteiger charge is -2.11. The second kappa shape index (κ2) is 6.34. The van der Waals surface area contributed by atoms with Crippen LogP contribution in [0.1, 0.15) is 11.5 Å². The Kier molecular flexibility index (Phi) is 3.77. The highest BCUT2D eigenvalue weighted by Crippen LogP contribution is 2.39. The number of hydrogen-bond acceptors (Lipinski definition) is 6. The van der Waals surface area contributed by atoms with E-state index in [0.717, 1.165) is 27.9 Å². The van der Waals surface area contributed by atoms with Gasteiger partial charge in [0.1, 0.15) is 17.0 Å². The zero-order chi connectivity index (χ0) is 20.1. The van der Waals surface area contributed by atoms with E-state index in [4.69, 9.17) is 13.7 Å². The van der Waals surface area contributed by atoms with E-state index in [1.54, 1.807) is 17.9 Å². The van der Waals surface area contributed by atoms with Gasteiger partial charge in [-0.05, 0) is 38.1 Å². The Morgan fingerprint density at radius 1 is 1.10 bits per heavy atom. The smallest absolute Gasteiger partial charge is 0.424 e. The number of aryl methyl sites for hydroxylation is 2. The van der Waals surface area contributed by atoms with E-state index in [-0.39, 0.29) is 0 Å². The number of ether oxygens (including phenoxy) is 1. The van der Waals surface area contributed by atoms with Gasteiger partial charge in [-0.3, -0.25) is 4.98 Å². The topological polar surface area (TPSA) is 83.3 Å². The molecule has 0 unspecified atom stereocenters. The molecule has 0 spiro atoms. The van der Waals surface area contributed by atoms with Crippen molar-refractivity contribution in [1.82, 2.24) is 14.7 Å². The molecule has 0 saturated carbocycles. The van der Waals surface area contributed by atoms with Gasteiger partial charge >= 0.3 is 5.76 Å². The highest BCUT2D eigenvalue weighted by molar-refractivity contribution is 6.04. The molecule has 0 bridgehead atoms. The molecule has 7 nitrogen and oxygen atoms in total. The summed E-state index contributed by atoms with van der Waals surface area (Å²) in [6, 6.07) is 13.2. The van der Waals surface area contributed by atoms with Gasteiger partial charge in [-0.1, -0.05) is 23.4 Å². The van der Waals surface area contributed by atoms with Gasteiger partial charge in [0.2, 0.25) is 0 Å². The highest BCUT2D eigenvalue weighted by Gasteiger charge is 2.20. The zero-order valence-electron chi connectivity index (χ0n) is 16.1. The average molecular weight is 387 g/mol. The summed E-state index contributed by atoms with van der Waals surface area (Å²) < 4.78 is 18.0. The number of aromatic nitrogens is 3. The first-order chi connectivity index (χ1) is 14.1. The Bertz CT molecular complexity index is 1410. The van der Waals surface area contributed by atoms with Gasteiger partial charge in [-0.2, -0.15) is 0 Å². The summed E-state index contributed by atoms with van der Waals surface area (Å²) in [5.41, 5.74) is 4.97. The normalized spacial score (nSPS) is 11.4. The molecule has 0 saturated heterocycles. The third-order valence-electron chi connectivity index (χ3n) is 5.05. The number of para-hydroxylation sites is 1. The second-order valence-electron chi connectivity index (χ2n) is 6.78. The van der Waals surface area contributed by atoms with Gasteiger partial charge in [0.25, 0.3) is 0 Å². The van der Waals surface area contributed by atoms with Gasteiger partial charge in [-0.25, -0.2) is 9.36 Å². The minimum atomic E-state index is -0.464. The van der Waals surface area contributed by atoms with E-state index in [9.17, 15) is 4.79 Å². The SMILES string of the molecule is COc1cc2c(cc1-c1c(C)noc1C)ncc1oc(=O)n(-c3ccccc3)c12. The molecular weight excluding hydrogens is 370 g/mol. The molecule has 7 heteroatoms. The van der Waals surface area contributed by atoms with Crippen LogP contribution in [0.25, 0.3) is 38.8 Å². The molecule has 144 valence electrons. The molecule has 0 atom stereocenters. The van der Waals surface area contributed by atoms with Gasteiger partial charge in [0.15, 0.2) is 5.58 Å². The van der Waals surface area contributed by atoms with Gasteiger partial charge in [0.05, 0.1) is 35.8 Å². The summed E-state index contributed by atoms with van der Waals surface area (Å²) in [6.45, 7) is 3.74. The van der Waals surface area contributed by atoms with Crippen LogP contribution in [0, 0.1) is 13.8 Å². The first-order valence-electron chi connectivity index (χ1n) is 9.09. The summed E-state index contributed by atoms with van der Waals surface area (Å²) in [5, 5.41) is 4.80. The van der Waals surface area contributed by atoms with Crippen molar-refractivity contribution in [3.63, 3.8) is 0 Å². The fourth-order valence-electron chi connectivity index (χ4n) is 3.77. The van der Waals surface area contributed by atoms with E-state index in [2.05, 4.69) is 10.1 Å². The lowest BCUT2D eigenvalue weighted by molar-refractivity contribution is 0.393. The van der Waals surface area contributed by atoms with Crippen molar-refractivity contribution >= 4 is 22.0 Å². The fourth-order valence-corrected chi connectivity index (χ4v) is 3.77. The van der Waals surface area contributed by atoms with E-state index < -0.39 is 5.76 Å². The number of oxazole rings is 1. The summed E-state index contributed by atoms with van der Waals surface area (Å²) in [6.07, 6.45) is 1.57. The maximum Gasteiger partial charge on any atom is 0.424 e. The molecule has 0 aliphatic carbocycles. The minimum absolute atomic E-state index is 0.415. The van der Waals surface area contributed by atoms with Crippen LogP contribution in [0.15, 0.2) is 62.4 Å². The summed E-state index contributed by atoms with van der Waals surface area (Å²) in [5.74, 6) is 0.870. The average Bonchev–Trinajstić information content (AvgIpc) is 3.25. The number of hydrogen-bond donors (Lipinski definition) is 0. The zero-order valence-corrected chi connectivity index (χ0v) is 16.1. The Morgan fingerprint density at radius 3 is 2.59 bits per heavy atom. The largest absolute Gasteiger partial charge is 0.496 e. The highest BCUT2D eigenvalue weighted by atomic mass is 16.5. The number of benzene rings is 2. The third-order valence-corrected chi connectivity index (χ3v) is 5.05. The maximum atomic E-state index is 12.6. The van der Waals surface area contributed by atoms with Crippen LogP contribution in [0.3, 0.4) is 0 Å². The minimum Gasteiger partial charge on any atom is -0.496 e. The van der Waals surface area contributed by atoms with E-state index in [1.165, 1.54) is 0 Å². The molecule has 2 aromatic carbocycles. The van der Waals surface area contributed by atoms with Crippen LogP contribution < -0.4 is 10.5 Å². The molecular formula is C22H17N3O4. The number of methoxy groups -OCH3 is 1. The number of pyridine rings is 1. The number of fused-ring (bicyclic) bond motifs is 3. The number of rotatable bonds is 3. The van der Waals surface area contributed by atoms with Crippen LogP contribution in [-0.4, -0.2) is 21.8 Å². The van der Waals surface area contributed by atoms with Crippen molar-refractivity contribution < 1.29 is 13.7 Å². The molecule has 0 aliphatic heterocycles. The molecule has 0 N–H and O–H groups in total. The van der Waals surface area contributed by atoms with Crippen molar-refractivity contribution in [1.29, 1.82) is 0 Å². The molecule has 5 aromatic rings. The van der Waals surface area contributed by atoms with E-state index in [0.29, 0.717) is 28.1 Å². The van der Waals surface area contributed by atoms with Gasteiger partial charge < -0.3 is 13.7 Å². The van der Waals surface area contributed by atoms with Gasteiger partial charge in [0, 0.05) is 10.9 Å². The molecule has 0 fully saturated rings. The van der Waals surface area contributed by atoms with Crippen molar-refractivity contribution in [3.8, 4) is 22.6 Å². The van der Waals surface area contributed by atoms with Crippen molar-refractivity contribution in [2.24, 2.45) is 0 Å². The molecule has 5 rings (SSSR count). The Hall–Kier alpha value is -3.87. The molecule has 0 amide bonds. The first-order valence-corrected chi connectivity index (χ1v) is 9.09. The molecule has 0 radical (unpaired) electrons. The molecule has 3 aromatic heterocycles. The predicted molar refractivity (Wildman–Crippen MR) is 109 cm³/mol. The summed E-state index contributed by atoms with van der Waals surface area (Å²) in [4.78, 5) is 17.1. The van der Waals surface area contributed by atoms with Crippen LogP contribution >= 0.6 is 0 Å². The van der Waals surface area contributed by atoms with E-state index >= 15 is 0 Å². The standard InChI is InChI=1S/C22H17N3O4/c1-12-20(13(2)29-24-12)16-9-17-15(10-18(16)27-3)21-19(11-23-17)28-22(26)25(21)14-7-5-4-6-8-14/h4-11H,1-3H3. The predicted octanol–water partition coefficient (Wildman–Crippen LogP) is 4.41. The van der Waals surface area contributed by atoms with Crippen molar-refractivity contribution in [2.45, 2.75) is 13.8 Å². The Morgan fingerprint density at radius 2 is 1.90 bits per heavy atom. The van der Waals surface area contributed by atoms with Crippen LogP contribution in [0.2, 0.25) is 0 Å². The van der Waals surface area contributed by atoms with Crippen molar-refractivity contribution in [3.05, 3.63) is 70.7 Å². The molecule has 29 heavy (non-hydrogen) atoms. The monoisotopic (exact) mass is 387 g/mol. The lowest BCUT2D eigenvalue weighted by atomic mass is 10.0. The lowest BCUT2D eigenvalue weighted by Crippen LogP contribution is -2.11.